The van der Waals surface area contributed by atoms with E-state index in [4.69, 9.17) is 18.0 Å². The van der Waals surface area contributed by atoms with E-state index in [9.17, 15) is 13.2 Å². The summed E-state index contributed by atoms with van der Waals surface area (Å²) in [7, 11) is 2.09. The third kappa shape index (κ3) is 4.04. The van der Waals surface area contributed by atoms with Crippen LogP contribution < -0.4 is 9.64 Å². The van der Waals surface area contributed by atoms with Crippen LogP contribution in [0.1, 0.15) is 5.82 Å². The van der Waals surface area contributed by atoms with Gasteiger partial charge in [-0.15, -0.1) is 19.6 Å². The summed E-state index contributed by atoms with van der Waals surface area (Å²) in [6.07, 6.45) is 0.818. The fourth-order valence-electron chi connectivity index (χ4n) is 3.52. The Kier molecular flexibility index (Phi) is 5.26. The highest BCUT2D eigenvalue weighted by Crippen LogP contribution is 2.34. The Morgan fingerprint density at radius 3 is 2.40 bits per heavy atom. The summed E-state index contributed by atoms with van der Waals surface area (Å²) >= 11 is 6.04. The largest absolute Gasteiger partial charge is 0.573 e. The van der Waals surface area contributed by atoms with Gasteiger partial charge in [0.15, 0.2) is 5.82 Å². The molecule has 1 saturated heterocycles. The van der Waals surface area contributed by atoms with Gasteiger partial charge in [-0.25, -0.2) is 4.98 Å². The van der Waals surface area contributed by atoms with Gasteiger partial charge in [0, 0.05) is 31.9 Å². The molecule has 0 unspecified atom stereocenters. The minimum Gasteiger partial charge on any atom is -0.404 e. The number of ether oxygens (including phenoxy) is 1. The van der Waals surface area contributed by atoms with E-state index in [0.29, 0.717) is 17.0 Å². The maximum Gasteiger partial charge on any atom is 0.573 e. The lowest BCUT2D eigenvalue weighted by atomic mass is 10.2. The SMILES string of the molecule is C#Cc1nc2ccc(N3CCN(C)CC3)cc2n1-c1ccc(OC(F)(F)F)c(Cl)c1. The van der Waals surface area contributed by atoms with Gasteiger partial charge in [0.25, 0.3) is 0 Å². The van der Waals surface area contributed by atoms with Gasteiger partial charge in [-0.05, 0) is 49.4 Å². The number of terminal acetylenes is 1. The van der Waals surface area contributed by atoms with Gasteiger partial charge in [0.2, 0.25) is 0 Å². The first-order valence-electron chi connectivity index (χ1n) is 9.23. The summed E-state index contributed by atoms with van der Waals surface area (Å²) in [5.74, 6) is 2.40. The van der Waals surface area contributed by atoms with Crippen LogP contribution in [0.5, 0.6) is 5.75 Å². The van der Waals surface area contributed by atoms with E-state index >= 15 is 0 Å². The first-order valence-corrected chi connectivity index (χ1v) is 9.61. The Labute approximate surface area is 176 Å². The molecule has 1 aliphatic heterocycles. The summed E-state index contributed by atoms with van der Waals surface area (Å²) < 4.78 is 43.3. The molecule has 4 rings (SSSR count). The number of fused-ring (bicyclic) bond motifs is 1. The van der Waals surface area contributed by atoms with Crippen LogP contribution in [0.4, 0.5) is 18.9 Å². The van der Waals surface area contributed by atoms with Gasteiger partial charge in [-0.1, -0.05) is 11.6 Å². The highest BCUT2D eigenvalue weighted by Gasteiger charge is 2.32. The predicted molar refractivity (Wildman–Crippen MR) is 110 cm³/mol. The van der Waals surface area contributed by atoms with Crippen molar-refractivity contribution in [2.45, 2.75) is 6.36 Å². The molecule has 0 N–H and O–H groups in total. The highest BCUT2D eigenvalue weighted by molar-refractivity contribution is 6.32. The standard InChI is InChI=1S/C21H18ClF3N4O/c1-3-20-26-17-6-4-14(28-10-8-27(2)9-11-28)13-18(17)29(20)15-5-7-19(16(22)12-15)30-21(23,24)25/h1,4-7,12-13H,8-11H2,2H3. The molecule has 0 radical (unpaired) electrons. The molecule has 0 amide bonds. The number of likely N-dealkylation sites (N-methyl/N-ethyl adjacent to an activating group) is 1. The molecular formula is C21H18ClF3N4O. The monoisotopic (exact) mass is 434 g/mol. The van der Waals surface area contributed by atoms with E-state index in [1.807, 2.05) is 18.2 Å². The van der Waals surface area contributed by atoms with Crippen LogP contribution in [0, 0.1) is 12.3 Å². The number of rotatable bonds is 3. The Hall–Kier alpha value is -2.89. The van der Waals surface area contributed by atoms with Crippen molar-refractivity contribution in [2.24, 2.45) is 0 Å². The van der Waals surface area contributed by atoms with E-state index in [1.54, 1.807) is 4.57 Å². The number of piperazine rings is 1. The number of aromatic nitrogens is 2. The number of nitrogens with zero attached hydrogens (tertiary/aromatic N) is 4. The van der Waals surface area contributed by atoms with E-state index in [1.165, 1.54) is 18.2 Å². The quantitative estimate of drug-likeness (QED) is 0.575. The summed E-state index contributed by atoms with van der Waals surface area (Å²) in [4.78, 5) is 9.01. The predicted octanol–water partition coefficient (Wildman–Crippen LogP) is 4.31. The third-order valence-corrected chi connectivity index (χ3v) is 5.33. The van der Waals surface area contributed by atoms with Crippen LogP contribution in [-0.2, 0) is 0 Å². The molecule has 0 bridgehead atoms. The topological polar surface area (TPSA) is 33.5 Å². The van der Waals surface area contributed by atoms with Crippen LogP contribution in [0.15, 0.2) is 36.4 Å². The van der Waals surface area contributed by atoms with E-state index in [2.05, 4.69) is 32.5 Å². The third-order valence-electron chi connectivity index (χ3n) is 5.03. The number of imidazole rings is 1. The second-order valence-corrected chi connectivity index (χ2v) is 7.45. The van der Waals surface area contributed by atoms with E-state index < -0.39 is 12.1 Å². The van der Waals surface area contributed by atoms with E-state index in [-0.39, 0.29) is 5.02 Å². The Morgan fingerprint density at radius 1 is 1.07 bits per heavy atom. The van der Waals surface area contributed by atoms with Crippen molar-refractivity contribution in [1.29, 1.82) is 0 Å². The van der Waals surface area contributed by atoms with Gasteiger partial charge in [-0.2, -0.15) is 0 Å². The zero-order valence-electron chi connectivity index (χ0n) is 16.1. The number of hydrogen-bond acceptors (Lipinski definition) is 4. The molecule has 0 saturated carbocycles. The lowest BCUT2D eigenvalue weighted by molar-refractivity contribution is -0.274. The molecule has 0 aliphatic carbocycles. The molecule has 2 heterocycles. The van der Waals surface area contributed by atoms with Crippen LogP contribution in [0.25, 0.3) is 16.7 Å². The second-order valence-electron chi connectivity index (χ2n) is 7.04. The Balaban J connectivity index is 1.77. The minimum atomic E-state index is -4.83. The molecule has 0 spiro atoms. The first-order chi connectivity index (χ1) is 14.2. The second kappa shape index (κ2) is 7.74. The zero-order valence-corrected chi connectivity index (χ0v) is 16.8. The number of halogens is 4. The Morgan fingerprint density at radius 2 is 1.77 bits per heavy atom. The molecule has 1 aliphatic rings. The molecule has 5 nitrogen and oxygen atoms in total. The minimum absolute atomic E-state index is 0.176. The molecule has 30 heavy (non-hydrogen) atoms. The van der Waals surface area contributed by atoms with Crippen molar-refractivity contribution in [1.82, 2.24) is 14.5 Å². The van der Waals surface area contributed by atoms with E-state index in [0.717, 1.165) is 37.4 Å². The van der Waals surface area contributed by atoms with Crippen molar-refractivity contribution in [3.63, 3.8) is 0 Å². The van der Waals surface area contributed by atoms with Crippen molar-refractivity contribution in [2.75, 3.05) is 38.1 Å². The normalized spacial score (nSPS) is 15.4. The number of alkyl halides is 3. The van der Waals surface area contributed by atoms with Crippen LogP contribution in [0.2, 0.25) is 5.02 Å². The van der Waals surface area contributed by atoms with Crippen molar-refractivity contribution in [3.05, 3.63) is 47.2 Å². The smallest absolute Gasteiger partial charge is 0.404 e. The van der Waals surface area contributed by atoms with Crippen LogP contribution in [-0.4, -0.2) is 54.0 Å². The lowest BCUT2D eigenvalue weighted by Crippen LogP contribution is -2.44. The maximum atomic E-state index is 12.5. The van der Waals surface area contributed by atoms with Gasteiger partial charge in [0.1, 0.15) is 5.75 Å². The van der Waals surface area contributed by atoms with Crippen molar-refractivity contribution < 1.29 is 17.9 Å². The number of benzene rings is 2. The van der Waals surface area contributed by atoms with Crippen molar-refractivity contribution in [3.8, 4) is 23.8 Å². The molecule has 1 aromatic heterocycles. The Bertz CT molecular complexity index is 1130. The summed E-state index contributed by atoms with van der Waals surface area (Å²) in [5, 5.41) is -0.176. The molecule has 3 aromatic rings. The lowest BCUT2D eigenvalue weighted by Gasteiger charge is -2.34. The fourth-order valence-corrected chi connectivity index (χ4v) is 3.73. The average molecular weight is 435 g/mol. The molecule has 1 fully saturated rings. The van der Waals surface area contributed by atoms with Gasteiger partial charge >= 0.3 is 6.36 Å². The fraction of sp³-hybridized carbons (Fsp3) is 0.286. The van der Waals surface area contributed by atoms with Crippen LogP contribution in [0.3, 0.4) is 0 Å². The summed E-state index contributed by atoms with van der Waals surface area (Å²) in [5.41, 5.74) is 2.97. The highest BCUT2D eigenvalue weighted by atomic mass is 35.5. The first kappa shape index (κ1) is 20.4. The zero-order chi connectivity index (χ0) is 21.5. The molecule has 156 valence electrons. The van der Waals surface area contributed by atoms with Gasteiger partial charge in [0.05, 0.1) is 21.7 Å². The summed E-state index contributed by atoms with van der Waals surface area (Å²) in [6.45, 7) is 3.72. The molecule has 0 atom stereocenters. The molecular weight excluding hydrogens is 417 g/mol. The van der Waals surface area contributed by atoms with Gasteiger partial charge in [-0.3, -0.25) is 4.57 Å². The maximum absolute atomic E-state index is 12.5. The number of hydrogen-bond donors (Lipinski definition) is 0. The number of anilines is 1. The molecule has 9 heteroatoms. The average Bonchev–Trinajstić information content (AvgIpc) is 3.07. The van der Waals surface area contributed by atoms with Gasteiger partial charge < -0.3 is 14.5 Å². The molecule has 2 aromatic carbocycles. The van der Waals surface area contributed by atoms with Crippen molar-refractivity contribution >= 4 is 28.3 Å². The summed E-state index contributed by atoms with van der Waals surface area (Å²) in [6, 6.07) is 9.90. The van der Waals surface area contributed by atoms with Crippen LogP contribution >= 0.6 is 11.6 Å².